The lowest BCUT2D eigenvalue weighted by molar-refractivity contribution is 0.182. The first-order valence-corrected chi connectivity index (χ1v) is 13.9. The number of nitrogens with one attached hydrogen (secondary N) is 1. The standard InChI is InChI=1S/C25H34FN5O4S.ClH/c1-4-7-18-17-29(3)23-22(18)27-24(28-25(23)32)20-16-19(8-9-21(20)35-5-2)36(33,34)31-14-12-30(13-15-31)11-6-10-26;/h8-9,16-17H,4-7,10-15H2,1-3H3,(H,27,28,32);1H. The highest BCUT2D eigenvalue weighted by atomic mass is 35.5. The Morgan fingerprint density at radius 2 is 1.89 bits per heavy atom. The highest BCUT2D eigenvalue weighted by Gasteiger charge is 2.29. The first-order valence-electron chi connectivity index (χ1n) is 12.4. The fraction of sp³-hybridized carbons (Fsp3) is 0.520. The second-order valence-electron chi connectivity index (χ2n) is 9.01. The minimum Gasteiger partial charge on any atom is -0.493 e. The van der Waals surface area contributed by atoms with Gasteiger partial charge in [-0.3, -0.25) is 9.18 Å². The van der Waals surface area contributed by atoms with E-state index in [0.717, 1.165) is 18.4 Å². The minimum absolute atomic E-state index is 0. The predicted molar refractivity (Wildman–Crippen MR) is 145 cm³/mol. The molecule has 4 rings (SSSR count). The van der Waals surface area contributed by atoms with E-state index in [1.54, 1.807) is 10.6 Å². The molecular weight excluding hydrogens is 521 g/mol. The molecule has 3 aromatic rings. The SMILES string of the molecule is CCCc1cn(C)c2c(=O)[nH]c(-c3cc(S(=O)(=O)N4CCN(CCCF)CC4)ccc3OCC)nc12.Cl. The lowest BCUT2D eigenvalue weighted by Gasteiger charge is -2.33. The Balaban J connectivity index is 0.00000380. The van der Waals surface area contributed by atoms with Gasteiger partial charge in [-0.1, -0.05) is 13.3 Å². The molecule has 1 N–H and O–H groups in total. The van der Waals surface area contributed by atoms with E-state index in [2.05, 4.69) is 16.8 Å². The third kappa shape index (κ3) is 6.00. The predicted octanol–water partition coefficient (Wildman–Crippen LogP) is 3.37. The number of piperazine rings is 1. The van der Waals surface area contributed by atoms with E-state index in [1.807, 2.05) is 20.2 Å². The molecule has 1 aliphatic rings. The van der Waals surface area contributed by atoms with Crippen molar-refractivity contribution in [2.24, 2.45) is 7.05 Å². The molecule has 12 heteroatoms. The van der Waals surface area contributed by atoms with Gasteiger partial charge < -0.3 is 19.2 Å². The molecular formula is C25H35ClFN5O4S. The molecule has 0 atom stereocenters. The van der Waals surface area contributed by atoms with Gasteiger partial charge in [0, 0.05) is 46.0 Å². The van der Waals surface area contributed by atoms with Crippen molar-refractivity contribution in [1.82, 2.24) is 23.7 Å². The zero-order chi connectivity index (χ0) is 25.9. The highest BCUT2D eigenvalue weighted by molar-refractivity contribution is 7.89. The maximum Gasteiger partial charge on any atom is 0.275 e. The van der Waals surface area contributed by atoms with E-state index in [-0.39, 0.29) is 35.4 Å². The van der Waals surface area contributed by atoms with Crippen LogP contribution in [0.2, 0.25) is 0 Å². The van der Waals surface area contributed by atoms with E-state index < -0.39 is 10.0 Å². The summed E-state index contributed by atoms with van der Waals surface area (Å²) >= 11 is 0. The third-order valence-corrected chi connectivity index (χ3v) is 8.40. The van der Waals surface area contributed by atoms with Crippen LogP contribution in [0.4, 0.5) is 4.39 Å². The van der Waals surface area contributed by atoms with Crippen LogP contribution in [0.15, 0.2) is 34.1 Å². The van der Waals surface area contributed by atoms with Crippen LogP contribution in [0.1, 0.15) is 32.3 Å². The Labute approximate surface area is 223 Å². The largest absolute Gasteiger partial charge is 0.493 e. The zero-order valence-electron chi connectivity index (χ0n) is 21.5. The molecule has 0 amide bonds. The summed E-state index contributed by atoms with van der Waals surface area (Å²) < 4.78 is 48.5. The first kappa shape index (κ1) is 29.1. The molecule has 0 saturated carbocycles. The number of benzene rings is 1. The van der Waals surface area contributed by atoms with E-state index in [1.165, 1.54) is 16.4 Å². The van der Waals surface area contributed by atoms with Gasteiger partial charge in [0.2, 0.25) is 10.0 Å². The summed E-state index contributed by atoms with van der Waals surface area (Å²) in [6.07, 6.45) is 4.04. The number of halogens is 2. The number of nitrogens with zero attached hydrogens (tertiary/aromatic N) is 4. The Morgan fingerprint density at radius 1 is 1.16 bits per heavy atom. The molecule has 0 radical (unpaired) electrons. The summed E-state index contributed by atoms with van der Waals surface area (Å²) in [6, 6.07) is 4.68. The number of fused-ring (bicyclic) bond motifs is 1. The number of hydrogen-bond donors (Lipinski definition) is 1. The molecule has 3 heterocycles. The summed E-state index contributed by atoms with van der Waals surface area (Å²) in [6.45, 7) is 6.31. The normalized spacial score (nSPS) is 15.1. The van der Waals surface area contributed by atoms with Crippen LogP contribution in [0.25, 0.3) is 22.4 Å². The number of ether oxygens (including phenoxy) is 1. The molecule has 1 fully saturated rings. The van der Waals surface area contributed by atoms with Gasteiger partial charge in [-0.15, -0.1) is 12.4 Å². The fourth-order valence-electron chi connectivity index (χ4n) is 4.72. The van der Waals surface area contributed by atoms with E-state index in [0.29, 0.717) is 68.1 Å². The fourth-order valence-corrected chi connectivity index (χ4v) is 6.17. The molecule has 0 unspecified atom stereocenters. The van der Waals surface area contributed by atoms with Gasteiger partial charge in [-0.2, -0.15) is 4.31 Å². The van der Waals surface area contributed by atoms with Crippen molar-refractivity contribution >= 4 is 33.5 Å². The third-order valence-electron chi connectivity index (χ3n) is 6.50. The van der Waals surface area contributed by atoms with Crippen molar-refractivity contribution in [2.45, 2.75) is 38.0 Å². The molecule has 1 saturated heterocycles. The summed E-state index contributed by atoms with van der Waals surface area (Å²) in [5.74, 6) is 0.718. The van der Waals surface area contributed by atoms with Crippen LogP contribution in [-0.4, -0.2) is 78.2 Å². The average molecular weight is 556 g/mol. The molecule has 9 nitrogen and oxygen atoms in total. The van der Waals surface area contributed by atoms with Crippen LogP contribution < -0.4 is 10.3 Å². The smallest absolute Gasteiger partial charge is 0.275 e. The maximum atomic E-state index is 13.5. The molecule has 0 spiro atoms. The number of rotatable bonds is 10. The van der Waals surface area contributed by atoms with Crippen molar-refractivity contribution in [1.29, 1.82) is 0 Å². The molecule has 2 aromatic heterocycles. The summed E-state index contributed by atoms with van der Waals surface area (Å²) in [5.41, 5.74) is 2.19. The van der Waals surface area contributed by atoms with Crippen molar-refractivity contribution in [3.05, 3.63) is 40.3 Å². The van der Waals surface area contributed by atoms with Crippen LogP contribution in [0.3, 0.4) is 0 Å². The van der Waals surface area contributed by atoms with Gasteiger partial charge >= 0.3 is 0 Å². The van der Waals surface area contributed by atoms with Crippen molar-refractivity contribution < 1.29 is 17.5 Å². The lowest BCUT2D eigenvalue weighted by atomic mass is 10.1. The molecule has 1 aliphatic heterocycles. The molecule has 1 aromatic carbocycles. The lowest BCUT2D eigenvalue weighted by Crippen LogP contribution is -2.48. The van der Waals surface area contributed by atoms with Crippen LogP contribution >= 0.6 is 12.4 Å². The van der Waals surface area contributed by atoms with Crippen LogP contribution in [0.5, 0.6) is 5.75 Å². The number of aryl methyl sites for hydroxylation is 2. The minimum atomic E-state index is -3.78. The van der Waals surface area contributed by atoms with Gasteiger partial charge in [0.15, 0.2) is 0 Å². The summed E-state index contributed by atoms with van der Waals surface area (Å²) in [4.78, 5) is 22.8. The quantitative estimate of drug-likeness (QED) is 0.412. The van der Waals surface area contributed by atoms with Gasteiger partial charge in [0.05, 0.1) is 29.3 Å². The molecule has 204 valence electrons. The number of alkyl halides is 1. The van der Waals surface area contributed by atoms with Gasteiger partial charge in [-0.25, -0.2) is 13.4 Å². The number of H-pyrrole nitrogens is 1. The molecule has 0 bridgehead atoms. The van der Waals surface area contributed by atoms with E-state index >= 15 is 0 Å². The number of sulfonamides is 1. The second-order valence-corrected chi connectivity index (χ2v) is 10.9. The number of aromatic nitrogens is 3. The van der Waals surface area contributed by atoms with Gasteiger partial charge in [-0.05, 0) is 43.5 Å². The second kappa shape index (κ2) is 12.4. The van der Waals surface area contributed by atoms with Crippen molar-refractivity contribution in [2.75, 3.05) is 46.0 Å². The van der Waals surface area contributed by atoms with E-state index in [4.69, 9.17) is 9.72 Å². The first-order chi connectivity index (χ1) is 17.3. The topological polar surface area (TPSA) is 101 Å². The van der Waals surface area contributed by atoms with Crippen LogP contribution in [-0.2, 0) is 23.5 Å². The van der Waals surface area contributed by atoms with E-state index in [9.17, 15) is 17.6 Å². The maximum absolute atomic E-state index is 13.5. The van der Waals surface area contributed by atoms with Gasteiger partial charge in [0.25, 0.3) is 5.56 Å². The number of aromatic amines is 1. The summed E-state index contributed by atoms with van der Waals surface area (Å²) in [7, 11) is -1.97. The Morgan fingerprint density at radius 3 is 2.54 bits per heavy atom. The highest BCUT2D eigenvalue weighted by Crippen LogP contribution is 2.32. The average Bonchev–Trinajstić information content (AvgIpc) is 3.19. The Bertz CT molecular complexity index is 1380. The van der Waals surface area contributed by atoms with Crippen molar-refractivity contribution in [3.63, 3.8) is 0 Å². The zero-order valence-corrected chi connectivity index (χ0v) is 23.1. The Hall–Kier alpha value is -2.47. The molecule has 0 aliphatic carbocycles. The van der Waals surface area contributed by atoms with Gasteiger partial charge in [0.1, 0.15) is 17.1 Å². The van der Waals surface area contributed by atoms with Crippen LogP contribution in [0, 0.1) is 0 Å². The number of hydrogen-bond acceptors (Lipinski definition) is 6. The molecule has 37 heavy (non-hydrogen) atoms. The Kier molecular flexibility index (Phi) is 9.74. The summed E-state index contributed by atoms with van der Waals surface area (Å²) in [5, 5.41) is 0. The van der Waals surface area contributed by atoms with Crippen molar-refractivity contribution in [3.8, 4) is 17.1 Å². The monoisotopic (exact) mass is 555 g/mol.